The van der Waals surface area contributed by atoms with Crippen molar-refractivity contribution in [2.45, 2.75) is 6.61 Å². The van der Waals surface area contributed by atoms with Crippen molar-refractivity contribution < 1.29 is 19.2 Å². The van der Waals surface area contributed by atoms with Gasteiger partial charge in [-0.05, 0) is 23.2 Å². The van der Waals surface area contributed by atoms with Crippen LogP contribution in [0, 0.1) is 0 Å². The molecule has 1 aromatic carbocycles. The molecular formula is C11H10BClO4. The lowest BCUT2D eigenvalue weighted by atomic mass is 9.79. The SMILES string of the molecule is C=CCOC(=O)c1cc2c(cc1Cl)COB2O. The average Bonchev–Trinajstić information content (AvgIpc) is 2.66. The number of benzene rings is 1. The molecule has 0 spiro atoms. The quantitative estimate of drug-likeness (QED) is 0.493. The third kappa shape index (κ3) is 2.36. The van der Waals surface area contributed by atoms with Crippen LogP contribution in [0.4, 0.5) is 0 Å². The minimum Gasteiger partial charge on any atom is -0.458 e. The van der Waals surface area contributed by atoms with E-state index in [1.807, 2.05) is 0 Å². The lowest BCUT2D eigenvalue weighted by Gasteiger charge is -2.06. The zero-order valence-electron chi connectivity index (χ0n) is 8.98. The number of carbonyl (C=O) groups excluding carboxylic acids is 1. The van der Waals surface area contributed by atoms with Crippen LogP contribution in [0.25, 0.3) is 0 Å². The normalized spacial score (nSPS) is 13.4. The van der Waals surface area contributed by atoms with E-state index in [0.717, 1.165) is 5.56 Å². The molecule has 6 heteroatoms. The molecule has 1 heterocycles. The molecule has 0 aromatic heterocycles. The monoisotopic (exact) mass is 252 g/mol. The third-order valence-corrected chi connectivity index (χ3v) is 2.76. The minimum absolute atomic E-state index is 0.116. The molecule has 88 valence electrons. The van der Waals surface area contributed by atoms with E-state index in [9.17, 15) is 9.82 Å². The minimum atomic E-state index is -1.01. The number of fused-ring (bicyclic) bond motifs is 1. The Hall–Kier alpha value is -1.30. The van der Waals surface area contributed by atoms with Crippen LogP contribution in [-0.4, -0.2) is 24.7 Å². The number of carbonyl (C=O) groups is 1. The van der Waals surface area contributed by atoms with Crippen molar-refractivity contribution in [3.63, 3.8) is 0 Å². The molecule has 1 aromatic rings. The fourth-order valence-corrected chi connectivity index (χ4v) is 1.88. The maximum absolute atomic E-state index is 11.7. The Labute approximate surface area is 104 Å². The van der Waals surface area contributed by atoms with E-state index >= 15 is 0 Å². The summed E-state index contributed by atoms with van der Waals surface area (Å²) < 4.78 is 9.91. The van der Waals surface area contributed by atoms with E-state index < -0.39 is 13.1 Å². The fraction of sp³-hybridized carbons (Fsp3) is 0.182. The molecule has 0 unspecified atom stereocenters. The van der Waals surface area contributed by atoms with Crippen LogP contribution in [0.5, 0.6) is 0 Å². The second-order valence-electron chi connectivity index (χ2n) is 3.58. The zero-order chi connectivity index (χ0) is 12.4. The third-order valence-electron chi connectivity index (χ3n) is 2.44. The van der Waals surface area contributed by atoms with E-state index in [1.54, 1.807) is 6.07 Å². The van der Waals surface area contributed by atoms with Crippen LogP contribution >= 0.6 is 11.6 Å². The molecular weight excluding hydrogens is 242 g/mol. The number of hydrogen-bond donors (Lipinski definition) is 1. The Kier molecular flexibility index (Phi) is 3.52. The van der Waals surface area contributed by atoms with Crippen LogP contribution in [0.3, 0.4) is 0 Å². The summed E-state index contributed by atoms with van der Waals surface area (Å²) >= 11 is 5.97. The lowest BCUT2D eigenvalue weighted by Crippen LogP contribution is -2.29. The lowest BCUT2D eigenvalue weighted by molar-refractivity contribution is 0.0550. The smallest absolute Gasteiger partial charge is 0.458 e. The molecule has 0 fully saturated rings. The Bertz CT molecular complexity index is 475. The second-order valence-corrected chi connectivity index (χ2v) is 3.99. The van der Waals surface area contributed by atoms with Gasteiger partial charge in [0.25, 0.3) is 0 Å². The van der Waals surface area contributed by atoms with Gasteiger partial charge in [-0.15, -0.1) is 0 Å². The number of esters is 1. The molecule has 0 amide bonds. The van der Waals surface area contributed by atoms with Gasteiger partial charge in [-0.2, -0.15) is 0 Å². The van der Waals surface area contributed by atoms with E-state index in [-0.39, 0.29) is 23.8 Å². The summed E-state index contributed by atoms with van der Waals surface area (Å²) in [5.74, 6) is -0.545. The van der Waals surface area contributed by atoms with E-state index in [1.165, 1.54) is 12.1 Å². The van der Waals surface area contributed by atoms with Crippen LogP contribution < -0.4 is 5.46 Å². The van der Waals surface area contributed by atoms with E-state index in [2.05, 4.69) is 6.58 Å². The number of ether oxygens (including phenoxy) is 1. The standard InChI is InChI=1S/C11H10BClO4/c1-2-3-16-11(14)8-5-9-7(4-10(8)13)6-17-12(9)15/h2,4-5,15H,1,3,6H2. The first-order valence-electron chi connectivity index (χ1n) is 5.03. The first-order chi connectivity index (χ1) is 8.13. The van der Waals surface area contributed by atoms with Gasteiger partial charge in [-0.1, -0.05) is 24.3 Å². The van der Waals surface area contributed by atoms with Gasteiger partial charge in [-0.25, -0.2) is 4.79 Å². The maximum atomic E-state index is 11.7. The topological polar surface area (TPSA) is 55.8 Å². The van der Waals surface area contributed by atoms with Gasteiger partial charge in [0.2, 0.25) is 0 Å². The first-order valence-corrected chi connectivity index (χ1v) is 5.41. The van der Waals surface area contributed by atoms with Crippen LogP contribution in [0.1, 0.15) is 15.9 Å². The summed E-state index contributed by atoms with van der Waals surface area (Å²) in [6.45, 7) is 3.85. The molecule has 0 aliphatic carbocycles. The van der Waals surface area contributed by atoms with Gasteiger partial charge in [0, 0.05) is 0 Å². The number of halogens is 1. The van der Waals surface area contributed by atoms with E-state index in [4.69, 9.17) is 21.0 Å². The van der Waals surface area contributed by atoms with Crippen molar-refractivity contribution in [1.29, 1.82) is 0 Å². The van der Waals surface area contributed by atoms with Gasteiger partial charge in [0.05, 0.1) is 17.2 Å². The summed E-state index contributed by atoms with van der Waals surface area (Å²) in [6, 6.07) is 3.11. The van der Waals surface area contributed by atoms with Crippen LogP contribution in [0.2, 0.25) is 5.02 Å². The molecule has 0 radical (unpaired) electrons. The highest BCUT2D eigenvalue weighted by molar-refractivity contribution is 6.61. The summed E-state index contributed by atoms with van der Waals surface area (Å²) in [5.41, 5.74) is 1.56. The Morgan fingerprint density at radius 1 is 1.71 bits per heavy atom. The molecule has 0 bridgehead atoms. The van der Waals surface area contributed by atoms with Gasteiger partial charge in [-0.3, -0.25) is 0 Å². The number of hydrogen-bond acceptors (Lipinski definition) is 4. The summed E-state index contributed by atoms with van der Waals surface area (Å²) in [5, 5.41) is 9.81. The predicted octanol–water partition coefficient (Wildman–Crippen LogP) is 0.900. The highest BCUT2D eigenvalue weighted by Crippen LogP contribution is 2.21. The van der Waals surface area contributed by atoms with Crippen molar-refractivity contribution in [1.82, 2.24) is 0 Å². The Morgan fingerprint density at radius 2 is 2.47 bits per heavy atom. The van der Waals surface area contributed by atoms with Gasteiger partial charge in [0.15, 0.2) is 0 Å². The average molecular weight is 252 g/mol. The predicted molar refractivity (Wildman–Crippen MR) is 64.3 cm³/mol. The van der Waals surface area contributed by atoms with Gasteiger partial charge < -0.3 is 14.4 Å². The molecule has 4 nitrogen and oxygen atoms in total. The summed E-state index contributed by atoms with van der Waals surface area (Å²) in [7, 11) is -1.01. The van der Waals surface area contributed by atoms with Crippen molar-refractivity contribution in [2.75, 3.05) is 6.61 Å². The molecule has 0 atom stereocenters. The van der Waals surface area contributed by atoms with Crippen LogP contribution in [-0.2, 0) is 16.0 Å². The Balaban J connectivity index is 2.32. The zero-order valence-corrected chi connectivity index (χ0v) is 9.74. The first kappa shape index (κ1) is 12.2. The van der Waals surface area contributed by atoms with Gasteiger partial charge >= 0.3 is 13.1 Å². The highest BCUT2D eigenvalue weighted by Gasteiger charge is 2.29. The molecule has 0 saturated carbocycles. The molecule has 0 saturated heterocycles. The summed E-state index contributed by atoms with van der Waals surface area (Å²) in [6.07, 6.45) is 1.47. The van der Waals surface area contributed by atoms with Crippen molar-refractivity contribution in [3.05, 3.63) is 40.9 Å². The second kappa shape index (κ2) is 4.92. The van der Waals surface area contributed by atoms with Crippen LogP contribution in [0.15, 0.2) is 24.8 Å². The van der Waals surface area contributed by atoms with Crippen molar-refractivity contribution >= 4 is 30.2 Å². The van der Waals surface area contributed by atoms with Crippen molar-refractivity contribution in [3.8, 4) is 0 Å². The van der Waals surface area contributed by atoms with E-state index in [0.29, 0.717) is 5.46 Å². The molecule has 1 N–H and O–H groups in total. The summed E-state index contributed by atoms with van der Waals surface area (Å²) in [4.78, 5) is 11.7. The van der Waals surface area contributed by atoms with Gasteiger partial charge in [0.1, 0.15) is 6.61 Å². The maximum Gasteiger partial charge on any atom is 0.491 e. The molecule has 1 aliphatic heterocycles. The largest absolute Gasteiger partial charge is 0.491 e. The molecule has 1 aliphatic rings. The highest BCUT2D eigenvalue weighted by atomic mass is 35.5. The van der Waals surface area contributed by atoms with Crippen molar-refractivity contribution in [2.24, 2.45) is 0 Å². The Morgan fingerprint density at radius 3 is 3.18 bits per heavy atom. The number of rotatable bonds is 3. The molecule has 2 rings (SSSR count). The fourth-order valence-electron chi connectivity index (χ4n) is 1.61. The molecule has 17 heavy (non-hydrogen) atoms.